The molecule has 1 spiro atoms. The van der Waals surface area contributed by atoms with Crippen LogP contribution in [0.5, 0.6) is 0 Å². The predicted octanol–water partition coefficient (Wildman–Crippen LogP) is 3.43. The lowest BCUT2D eigenvalue weighted by Gasteiger charge is -2.41. The number of hydrogen-bond donors (Lipinski definition) is 1. The van der Waals surface area contributed by atoms with Gasteiger partial charge in [-0.05, 0) is 25.8 Å². The smallest absolute Gasteiger partial charge is 0.183 e. The van der Waals surface area contributed by atoms with Crippen LogP contribution in [-0.4, -0.2) is 51.4 Å². The Morgan fingerprint density at radius 1 is 1.21 bits per heavy atom. The Hall–Kier alpha value is -1.93. The van der Waals surface area contributed by atoms with E-state index in [1.54, 1.807) is 6.07 Å². The zero-order chi connectivity index (χ0) is 20.2. The molecule has 0 amide bonds. The molecule has 4 heterocycles. The van der Waals surface area contributed by atoms with Gasteiger partial charge in [0, 0.05) is 30.1 Å². The topological polar surface area (TPSA) is 81.6 Å². The third-order valence-corrected chi connectivity index (χ3v) is 7.24. The van der Waals surface area contributed by atoms with Gasteiger partial charge in [-0.1, -0.05) is 35.3 Å². The highest BCUT2D eigenvalue weighted by Gasteiger charge is 2.47. The van der Waals surface area contributed by atoms with Crippen molar-refractivity contribution >= 4 is 34.7 Å². The Morgan fingerprint density at radius 2 is 2.00 bits per heavy atom. The number of anilines is 1. The van der Waals surface area contributed by atoms with Crippen molar-refractivity contribution in [1.82, 2.24) is 19.6 Å². The molecule has 0 saturated carbocycles. The molecule has 2 unspecified atom stereocenters. The predicted molar refractivity (Wildman–Crippen MR) is 114 cm³/mol. The molecule has 152 valence electrons. The first kappa shape index (κ1) is 19.1. The molecule has 0 radical (unpaired) electrons. The lowest BCUT2D eigenvalue weighted by atomic mass is 9.73. The van der Waals surface area contributed by atoms with Crippen LogP contribution in [-0.2, 0) is 4.74 Å². The number of hydrogen-bond acceptors (Lipinski definition) is 6. The Bertz CT molecular complexity index is 1060. The van der Waals surface area contributed by atoms with Gasteiger partial charge in [-0.25, -0.2) is 9.97 Å². The maximum Gasteiger partial charge on any atom is 0.183 e. The van der Waals surface area contributed by atoms with Crippen molar-refractivity contribution < 1.29 is 4.74 Å². The molecule has 9 heteroatoms. The second-order valence-electron chi connectivity index (χ2n) is 7.95. The van der Waals surface area contributed by atoms with E-state index in [2.05, 4.69) is 26.9 Å². The molecule has 2 N–H and O–H groups in total. The number of rotatable bonds is 2. The lowest BCUT2D eigenvalue weighted by molar-refractivity contribution is 0.0974. The number of halogens is 2. The van der Waals surface area contributed by atoms with Crippen LogP contribution in [0.4, 0.5) is 5.82 Å². The van der Waals surface area contributed by atoms with Crippen molar-refractivity contribution in [2.45, 2.75) is 31.9 Å². The summed E-state index contributed by atoms with van der Waals surface area (Å²) in [5.74, 6) is 0.912. The summed E-state index contributed by atoms with van der Waals surface area (Å²) in [5, 5.41) is 5.39. The molecular formula is C20H22Cl2N6O. The molecule has 2 saturated heterocycles. The van der Waals surface area contributed by atoms with E-state index in [0.717, 1.165) is 43.9 Å². The van der Waals surface area contributed by atoms with Crippen LogP contribution in [0.3, 0.4) is 0 Å². The van der Waals surface area contributed by atoms with Crippen LogP contribution < -0.4 is 10.6 Å². The molecule has 2 aliphatic rings. The molecule has 2 aliphatic heterocycles. The highest BCUT2D eigenvalue weighted by Crippen LogP contribution is 2.42. The minimum Gasteiger partial charge on any atom is -0.376 e. The summed E-state index contributed by atoms with van der Waals surface area (Å²) in [4.78, 5) is 11.4. The standard InChI is InChI=1S/C20H22Cl2N6O/c1-12-18(23)20(10-29-12)5-7-27(8-6-20)15-9-24-17(19-25-11-26-28(15)19)13-3-2-4-14(21)16(13)22/h2-4,9,11-12,18H,5-8,10,23H2,1H3. The normalized spacial score (nSPS) is 23.9. The molecule has 2 atom stereocenters. The molecule has 3 aromatic rings. The van der Waals surface area contributed by atoms with E-state index >= 15 is 0 Å². The van der Waals surface area contributed by atoms with Gasteiger partial charge in [-0.2, -0.15) is 9.61 Å². The first-order chi connectivity index (χ1) is 14.0. The van der Waals surface area contributed by atoms with E-state index in [1.165, 1.54) is 6.33 Å². The zero-order valence-corrected chi connectivity index (χ0v) is 17.6. The van der Waals surface area contributed by atoms with Crippen LogP contribution >= 0.6 is 23.2 Å². The second kappa shape index (κ2) is 7.09. The van der Waals surface area contributed by atoms with Gasteiger partial charge in [0.1, 0.15) is 12.0 Å². The Kier molecular flexibility index (Phi) is 4.66. The Balaban J connectivity index is 1.47. The molecule has 1 aromatic carbocycles. The van der Waals surface area contributed by atoms with Gasteiger partial charge in [-0.3, -0.25) is 0 Å². The molecule has 2 fully saturated rings. The van der Waals surface area contributed by atoms with Gasteiger partial charge in [0.25, 0.3) is 0 Å². The fraction of sp³-hybridized carbons (Fsp3) is 0.450. The number of ether oxygens (including phenoxy) is 1. The van der Waals surface area contributed by atoms with Crippen molar-refractivity contribution in [3.05, 3.63) is 40.8 Å². The Morgan fingerprint density at radius 3 is 2.72 bits per heavy atom. The lowest BCUT2D eigenvalue weighted by Crippen LogP contribution is -2.51. The van der Waals surface area contributed by atoms with Crippen molar-refractivity contribution in [1.29, 1.82) is 0 Å². The van der Waals surface area contributed by atoms with E-state index in [4.69, 9.17) is 33.7 Å². The van der Waals surface area contributed by atoms with Crippen LogP contribution in [0.1, 0.15) is 19.8 Å². The van der Waals surface area contributed by atoms with E-state index < -0.39 is 0 Å². The highest BCUT2D eigenvalue weighted by molar-refractivity contribution is 6.43. The number of fused-ring (bicyclic) bond motifs is 1. The average Bonchev–Trinajstić information content (AvgIpc) is 3.32. The summed E-state index contributed by atoms with van der Waals surface area (Å²) in [6.45, 7) is 4.55. The van der Waals surface area contributed by atoms with Gasteiger partial charge in [0.05, 0.1) is 29.0 Å². The third kappa shape index (κ3) is 2.99. The summed E-state index contributed by atoms with van der Waals surface area (Å²) in [7, 11) is 0. The van der Waals surface area contributed by atoms with Gasteiger partial charge in [0.15, 0.2) is 11.5 Å². The van der Waals surface area contributed by atoms with Crippen LogP contribution in [0, 0.1) is 5.41 Å². The van der Waals surface area contributed by atoms with Gasteiger partial charge < -0.3 is 15.4 Å². The maximum atomic E-state index is 6.45. The average molecular weight is 433 g/mol. The van der Waals surface area contributed by atoms with Crippen molar-refractivity contribution in [2.24, 2.45) is 11.1 Å². The van der Waals surface area contributed by atoms with Crippen LogP contribution in [0.15, 0.2) is 30.7 Å². The number of benzene rings is 1. The fourth-order valence-electron chi connectivity index (χ4n) is 4.55. The molecule has 2 aromatic heterocycles. The minimum atomic E-state index is 0.0685. The summed E-state index contributed by atoms with van der Waals surface area (Å²) in [5.41, 5.74) is 8.57. The van der Waals surface area contributed by atoms with Crippen LogP contribution in [0.25, 0.3) is 16.9 Å². The highest BCUT2D eigenvalue weighted by atomic mass is 35.5. The molecular weight excluding hydrogens is 411 g/mol. The maximum absolute atomic E-state index is 6.45. The summed E-state index contributed by atoms with van der Waals surface area (Å²) in [6, 6.07) is 5.58. The molecule has 0 bridgehead atoms. The van der Waals surface area contributed by atoms with Crippen molar-refractivity contribution in [3.63, 3.8) is 0 Å². The van der Waals surface area contributed by atoms with E-state index in [1.807, 2.05) is 22.8 Å². The number of nitrogens with zero attached hydrogens (tertiary/aromatic N) is 5. The molecule has 29 heavy (non-hydrogen) atoms. The third-order valence-electron chi connectivity index (χ3n) is 6.42. The SMILES string of the molecule is CC1OCC2(CCN(c3cnc(-c4cccc(Cl)c4Cl)c4ncnn34)CC2)C1N. The van der Waals surface area contributed by atoms with Crippen molar-refractivity contribution in [3.8, 4) is 11.3 Å². The summed E-state index contributed by atoms with van der Waals surface area (Å²) in [6.07, 6.45) is 5.45. The first-order valence-electron chi connectivity index (χ1n) is 9.75. The second-order valence-corrected chi connectivity index (χ2v) is 8.74. The molecule has 0 aliphatic carbocycles. The van der Waals surface area contributed by atoms with E-state index in [9.17, 15) is 0 Å². The first-order valence-corrected chi connectivity index (χ1v) is 10.5. The van der Waals surface area contributed by atoms with Gasteiger partial charge in [-0.15, -0.1) is 0 Å². The van der Waals surface area contributed by atoms with Gasteiger partial charge >= 0.3 is 0 Å². The molecule has 7 nitrogen and oxygen atoms in total. The van der Waals surface area contributed by atoms with Crippen molar-refractivity contribution in [2.75, 3.05) is 24.6 Å². The van der Waals surface area contributed by atoms with Crippen LogP contribution in [0.2, 0.25) is 10.0 Å². The summed E-state index contributed by atoms with van der Waals surface area (Å²) < 4.78 is 7.66. The van der Waals surface area contributed by atoms with E-state index in [0.29, 0.717) is 21.4 Å². The fourth-order valence-corrected chi connectivity index (χ4v) is 4.94. The minimum absolute atomic E-state index is 0.0685. The zero-order valence-electron chi connectivity index (χ0n) is 16.1. The largest absolute Gasteiger partial charge is 0.376 e. The Labute approximate surface area is 178 Å². The number of piperidine rings is 1. The summed E-state index contributed by atoms with van der Waals surface area (Å²) >= 11 is 12.6. The molecule has 5 rings (SSSR count). The monoisotopic (exact) mass is 432 g/mol. The number of nitrogens with two attached hydrogens (primary N) is 1. The van der Waals surface area contributed by atoms with E-state index in [-0.39, 0.29) is 17.6 Å². The number of aromatic nitrogens is 4. The van der Waals surface area contributed by atoms with Gasteiger partial charge in [0.2, 0.25) is 0 Å². The quantitative estimate of drug-likeness (QED) is 0.667.